The van der Waals surface area contributed by atoms with Crippen LogP contribution in [0.5, 0.6) is 0 Å². The van der Waals surface area contributed by atoms with Gasteiger partial charge >= 0.3 is 0 Å². The molecule has 1 aliphatic rings. The first-order chi connectivity index (χ1) is 6.90. The summed E-state index contributed by atoms with van der Waals surface area (Å²) >= 11 is 1.87. The minimum absolute atomic E-state index is 0.379. The van der Waals surface area contributed by atoms with Crippen LogP contribution >= 0.6 is 11.8 Å². The summed E-state index contributed by atoms with van der Waals surface area (Å²) in [6.07, 6.45) is 3.69. The Labute approximate surface area is 89.9 Å². The normalized spacial score (nSPS) is 20.5. The molecule has 76 valence electrons. The first kappa shape index (κ1) is 10.1. The highest BCUT2D eigenvalue weighted by molar-refractivity contribution is 7.99. The van der Waals surface area contributed by atoms with Crippen molar-refractivity contribution in [3.63, 3.8) is 0 Å². The Balaban J connectivity index is 1.99. The maximum atomic E-state index is 5.77. The SMILES string of the molecule is CCCCC1OCc2ccccc2S1. The van der Waals surface area contributed by atoms with Crippen LogP contribution in [0.2, 0.25) is 0 Å². The summed E-state index contributed by atoms with van der Waals surface area (Å²) in [6, 6.07) is 8.53. The van der Waals surface area contributed by atoms with E-state index in [1.807, 2.05) is 11.8 Å². The lowest BCUT2D eigenvalue weighted by atomic mass is 10.2. The average molecular weight is 208 g/mol. The molecule has 1 aromatic rings. The Morgan fingerprint density at radius 1 is 1.43 bits per heavy atom. The molecule has 1 aliphatic heterocycles. The number of benzene rings is 1. The van der Waals surface area contributed by atoms with Gasteiger partial charge in [-0.1, -0.05) is 49.7 Å². The van der Waals surface area contributed by atoms with Crippen molar-refractivity contribution in [2.75, 3.05) is 0 Å². The average Bonchev–Trinajstić information content (AvgIpc) is 2.26. The van der Waals surface area contributed by atoms with Crippen molar-refractivity contribution in [3.8, 4) is 0 Å². The monoisotopic (exact) mass is 208 g/mol. The number of thioether (sulfide) groups is 1. The van der Waals surface area contributed by atoms with Crippen LogP contribution in [0.4, 0.5) is 0 Å². The second kappa shape index (κ2) is 4.85. The quantitative estimate of drug-likeness (QED) is 0.746. The zero-order chi connectivity index (χ0) is 9.80. The second-order valence-corrected chi connectivity index (χ2v) is 4.81. The van der Waals surface area contributed by atoms with Crippen LogP contribution in [0.25, 0.3) is 0 Å². The molecule has 0 N–H and O–H groups in total. The molecule has 0 amide bonds. The zero-order valence-corrected chi connectivity index (χ0v) is 9.35. The van der Waals surface area contributed by atoms with Crippen molar-refractivity contribution < 1.29 is 4.74 Å². The molecule has 0 radical (unpaired) electrons. The van der Waals surface area contributed by atoms with Crippen molar-refractivity contribution in [1.29, 1.82) is 0 Å². The minimum atomic E-state index is 0.379. The van der Waals surface area contributed by atoms with Gasteiger partial charge in [0.25, 0.3) is 0 Å². The van der Waals surface area contributed by atoms with Crippen molar-refractivity contribution in [2.45, 2.75) is 43.1 Å². The van der Waals surface area contributed by atoms with E-state index in [0.29, 0.717) is 5.44 Å². The van der Waals surface area contributed by atoms with Crippen LogP contribution in [0.15, 0.2) is 29.2 Å². The molecule has 1 atom stereocenters. The van der Waals surface area contributed by atoms with Gasteiger partial charge in [0.2, 0.25) is 0 Å². The third kappa shape index (κ3) is 2.31. The fraction of sp³-hybridized carbons (Fsp3) is 0.500. The van der Waals surface area contributed by atoms with Crippen molar-refractivity contribution in [1.82, 2.24) is 0 Å². The maximum Gasteiger partial charge on any atom is 0.108 e. The van der Waals surface area contributed by atoms with Crippen LogP contribution in [0, 0.1) is 0 Å². The Morgan fingerprint density at radius 3 is 3.14 bits per heavy atom. The van der Waals surface area contributed by atoms with E-state index in [4.69, 9.17) is 4.74 Å². The fourth-order valence-electron chi connectivity index (χ4n) is 1.61. The number of hydrogen-bond donors (Lipinski definition) is 0. The number of fused-ring (bicyclic) bond motifs is 1. The van der Waals surface area contributed by atoms with Gasteiger partial charge in [0.05, 0.1) is 6.61 Å². The lowest BCUT2D eigenvalue weighted by molar-refractivity contribution is 0.0857. The van der Waals surface area contributed by atoms with Gasteiger partial charge in [-0.3, -0.25) is 0 Å². The van der Waals surface area contributed by atoms with Gasteiger partial charge in [-0.15, -0.1) is 0 Å². The number of hydrogen-bond acceptors (Lipinski definition) is 2. The molecule has 2 rings (SSSR count). The Morgan fingerprint density at radius 2 is 2.29 bits per heavy atom. The summed E-state index contributed by atoms with van der Waals surface area (Å²) in [5, 5.41) is 0. The van der Waals surface area contributed by atoms with E-state index >= 15 is 0 Å². The first-order valence-corrected chi connectivity index (χ1v) is 6.14. The Kier molecular flexibility index (Phi) is 3.49. The van der Waals surface area contributed by atoms with E-state index in [1.54, 1.807) is 0 Å². The highest BCUT2D eigenvalue weighted by atomic mass is 32.2. The molecule has 0 saturated heterocycles. The fourth-order valence-corrected chi connectivity index (χ4v) is 2.75. The van der Waals surface area contributed by atoms with E-state index < -0.39 is 0 Å². The minimum Gasteiger partial charge on any atom is -0.363 e. The molecule has 1 heterocycles. The molecular weight excluding hydrogens is 192 g/mol. The predicted octanol–water partition coefficient (Wildman–Crippen LogP) is 3.83. The Hall–Kier alpha value is -0.470. The highest BCUT2D eigenvalue weighted by Gasteiger charge is 2.18. The van der Waals surface area contributed by atoms with E-state index in [1.165, 1.54) is 29.7 Å². The molecule has 1 unspecified atom stereocenters. The molecule has 0 bridgehead atoms. The van der Waals surface area contributed by atoms with E-state index in [2.05, 4.69) is 31.2 Å². The number of unbranched alkanes of at least 4 members (excludes halogenated alkanes) is 1. The van der Waals surface area contributed by atoms with Gasteiger partial charge in [-0.25, -0.2) is 0 Å². The Bertz CT molecular complexity index is 298. The molecule has 2 heteroatoms. The number of ether oxygens (including phenoxy) is 1. The molecule has 0 fully saturated rings. The van der Waals surface area contributed by atoms with Crippen molar-refractivity contribution >= 4 is 11.8 Å². The van der Waals surface area contributed by atoms with E-state index in [-0.39, 0.29) is 0 Å². The summed E-state index contributed by atoms with van der Waals surface area (Å²) in [4.78, 5) is 1.40. The molecule has 0 saturated carbocycles. The largest absolute Gasteiger partial charge is 0.363 e. The summed E-state index contributed by atoms with van der Waals surface area (Å²) < 4.78 is 5.77. The smallest absolute Gasteiger partial charge is 0.108 e. The predicted molar refractivity (Wildman–Crippen MR) is 60.4 cm³/mol. The van der Waals surface area contributed by atoms with Gasteiger partial charge in [0, 0.05) is 4.90 Å². The summed E-state index contributed by atoms with van der Waals surface area (Å²) in [7, 11) is 0. The van der Waals surface area contributed by atoms with Crippen LogP contribution < -0.4 is 0 Å². The molecule has 1 nitrogen and oxygen atoms in total. The lowest BCUT2D eigenvalue weighted by Crippen LogP contribution is -2.13. The second-order valence-electron chi connectivity index (χ2n) is 3.61. The number of rotatable bonds is 3. The van der Waals surface area contributed by atoms with E-state index in [9.17, 15) is 0 Å². The van der Waals surface area contributed by atoms with E-state index in [0.717, 1.165) is 6.61 Å². The van der Waals surface area contributed by atoms with Gasteiger partial charge in [0.1, 0.15) is 5.44 Å². The van der Waals surface area contributed by atoms with Gasteiger partial charge in [-0.05, 0) is 18.1 Å². The van der Waals surface area contributed by atoms with Crippen LogP contribution in [0.1, 0.15) is 31.7 Å². The standard InChI is InChI=1S/C12H16OS/c1-2-3-8-12-13-9-10-6-4-5-7-11(10)14-12/h4-7,12H,2-3,8-9H2,1H3. The molecule has 14 heavy (non-hydrogen) atoms. The molecular formula is C12H16OS. The topological polar surface area (TPSA) is 9.23 Å². The zero-order valence-electron chi connectivity index (χ0n) is 8.53. The summed E-state index contributed by atoms with van der Waals surface area (Å²) in [5.74, 6) is 0. The van der Waals surface area contributed by atoms with Crippen molar-refractivity contribution in [2.24, 2.45) is 0 Å². The third-order valence-electron chi connectivity index (χ3n) is 2.45. The van der Waals surface area contributed by atoms with Gasteiger partial charge in [-0.2, -0.15) is 0 Å². The van der Waals surface area contributed by atoms with Crippen LogP contribution in [-0.4, -0.2) is 5.44 Å². The van der Waals surface area contributed by atoms with Crippen molar-refractivity contribution in [3.05, 3.63) is 29.8 Å². The van der Waals surface area contributed by atoms with Crippen LogP contribution in [0.3, 0.4) is 0 Å². The van der Waals surface area contributed by atoms with Crippen LogP contribution in [-0.2, 0) is 11.3 Å². The highest BCUT2D eigenvalue weighted by Crippen LogP contribution is 2.35. The van der Waals surface area contributed by atoms with Gasteiger partial charge < -0.3 is 4.74 Å². The third-order valence-corrected chi connectivity index (χ3v) is 3.74. The van der Waals surface area contributed by atoms with Gasteiger partial charge in [0.15, 0.2) is 0 Å². The lowest BCUT2D eigenvalue weighted by Gasteiger charge is -2.24. The molecule has 0 aromatic heterocycles. The summed E-state index contributed by atoms with van der Waals surface area (Å²) in [5.41, 5.74) is 1.72. The maximum absolute atomic E-state index is 5.77. The summed E-state index contributed by atoms with van der Waals surface area (Å²) in [6.45, 7) is 3.01. The molecule has 1 aromatic carbocycles. The molecule has 0 spiro atoms. The first-order valence-electron chi connectivity index (χ1n) is 5.26. The molecule has 0 aliphatic carbocycles.